The first kappa shape index (κ1) is 16.5. The van der Waals surface area contributed by atoms with Crippen LogP contribution in [0.3, 0.4) is 0 Å². The molecule has 2 aromatic heterocycles. The van der Waals surface area contributed by atoms with Gasteiger partial charge in [-0.15, -0.1) is 0 Å². The smallest absolute Gasteiger partial charge is 0.137 e. The summed E-state index contributed by atoms with van der Waals surface area (Å²) in [7, 11) is 0. The lowest BCUT2D eigenvalue weighted by Crippen LogP contribution is -1.89. The summed E-state index contributed by atoms with van der Waals surface area (Å²) >= 11 is 0. The summed E-state index contributed by atoms with van der Waals surface area (Å²) in [6, 6.07) is 33.9. The van der Waals surface area contributed by atoms with Crippen molar-refractivity contribution in [2.45, 2.75) is 6.92 Å². The number of aromatic nitrogens is 2. The largest absolute Gasteiger partial charge is 0.299 e. The van der Waals surface area contributed by atoms with Gasteiger partial charge in [0.25, 0.3) is 0 Å². The molecule has 0 aliphatic carbocycles. The molecule has 0 aliphatic rings. The number of imidazole rings is 1. The van der Waals surface area contributed by atoms with Gasteiger partial charge in [0.2, 0.25) is 0 Å². The minimum absolute atomic E-state index is 0.958. The predicted molar refractivity (Wildman–Crippen MR) is 116 cm³/mol. The third-order valence-corrected chi connectivity index (χ3v) is 5.09. The molecule has 134 valence electrons. The van der Waals surface area contributed by atoms with Crippen LogP contribution in [0.2, 0.25) is 0 Å². The molecule has 2 nitrogen and oxygen atoms in total. The van der Waals surface area contributed by atoms with Gasteiger partial charge in [-0.05, 0) is 30.2 Å². The predicted octanol–water partition coefficient (Wildman–Crippen LogP) is 6.64. The van der Waals surface area contributed by atoms with E-state index in [2.05, 4.69) is 96.4 Å². The van der Waals surface area contributed by atoms with Gasteiger partial charge in [-0.25, -0.2) is 4.98 Å². The number of benzene rings is 3. The summed E-state index contributed by atoms with van der Waals surface area (Å²) in [5, 5.41) is 0. The Kier molecular flexibility index (Phi) is 4.02. The Labute approximate surface area is 164 Å². The van der Waals surface area contributed by atoms with Crippen LogP contribution in [0, 0.1) is 6.92 Å². The van der Waals surface area contributed by atoms with Crippen molar-refractivity contribution in [2.75, 3.05) is 0 Å². The van der Waals surface area contributed by atoms with E-state index in [0.717, 1.165) is 22.6 Å². The lowest BCUT2D eigenvalue weighted by Gasteiger charge is -2.07. The van der Waals surface area contributed by atoms with Gasteiger partial charge in [0.1, 0.15) is 5.65 Å². The number of rotatable bonds is 3. The van der Waals surface area contributed by atoms with Crippen molar-refractivity contribution in [2.24, 2.45) is 0 Å². The van der Waals surface area contributed by atoms with Gasteiger partial charge in [-0.3, -0.25) is 4.40 Å². The highest BCUT2D eigenvalue weighted by atomic mass is 15.0. The Balaban J connectivity index is 1.65. The van der Waals surface area contributed by atoms with Crippen LogP contribution in [0.4, 0.5) is 0 Å². The highest BCUT2D eigenvalue weighted by molar-refractivity contribution is 5.83. The van der Waals surface area contributed by atoms with Gasteiger partial charge in [-0.2, -0.15) is 0 Å². The van der Waals surface area contributed by atoms with E-state index in [9.17, 15) is 0 Å². The van der Waals surface area contributed by atoms with Crippen LogP contribution in [0.5, 0.6) is 0 Å². The Morgan fingerprint density at radius 1 is 0.607 bits per heavy atom. The summed E-state index contributed by atoms with van der Waals surface area (Å²) in [5.41, 5.74) is 9.11. The standard InChI is InChI=1S/C26H20N2/c1-19-8-7-11-23(18-19)20-13-15-21(16-14-20)25-26(22-9-3-2-4-10-22)28-17-6-5-12-24(28)27-25/h2-18H,1H3. The van der Waals surface area contributed by atoms with Crippen LogP contribution in [0.1, 0.15) is 5.56 Å². The van der Waals surface area contributed by atoms with Crippen molar-refractivity contribution in [1.29, 1.82) is 0 Å². The molecule has 5 rings (SSSR count). The number of aryl methyl sites for hydroxylation is 1. The van der Waals surface area contributed by atoms with Crippen LogP contribution in [0.15, 0.2) is 103 Å². The third-order valence-electron chi connectivity index (χ3n) is 5.09. The second kappa shape index (κ2) is 6.82. The van der Waals surface area contributed by atoms with Crippen molar-refractivity contribution in [3.8, 4) is 33.6 Å². The first-order chi connectivity index (χ1) is 13.8. The number of nitrogens with zero attached hydrogens (tertiary/aromatic N) is 2. The second-order valence-electron chi connectivity index (χ2n) is 7.05. The van der Waals surface area contributed by atoms with E-state index in [1.54, 1.807) is 0 Å². The van der Waals surface area contributed by atoms with Crippen LogP contribution in [-0.4, -0.2) is 9.38 Å². The van der Waals surface area contributed by atoms with E-state index in [-0.39, 0.29) is 0 Å². The van der Waals surface area contributed by atoms with Crippen LogP contribution in [0.25, 0.3) is 39.3 Å². The molecule has 0 fully saturated rings. The average Bonchev–Trinajstić information content (AvgIpc) is 3.14. The summed E-state index contributed by atoms with van der Waals surface area (Å²) in [6.07, 6.45) is 2.08. The molecular weight excluding hydrogens is 340 g/mol. The number of pyridine rings is 1. The Bertz CT molecular complexity index is 1250. The molecule has 0 radical (unpaired) electrons. The topological polar surface area (TPSA) is 17.3 Å². The molecule has 0 unspecified atom stereocenters. The molecule has 0 bridgehead atoms. The highest BCUT2D eigenvalue weighted by Crippen LogP contribution is 2.33. The fraction of sp³-hybridized carbons (Fsp3) is 0.0385. The van der Waals surface area contributed by atoms with Crippen molar-refractivity contribution in [3.63, 3.8) is 0 Å². The van der Waals surface area contributed by atoms with Crippen molar-refractivity contribution in [1.82, 2.24) is 9.38 Å². The van der Waals surface area contributed by atoms with Crippen LogP contribution < -0.4 is 0 Å². The summed E-state index contributed by atoms with van der Waals surface area (Å²) in [4.78, 5) is 4.94. The van der Waals surface area contributed by atoms with Gasteiger partial charge >= 0.3 is 0 Å². The zero-order valence-corrected chi connectivity index (χ0v) is 15.7. The van der Waals surface area contributed by atoms with Gasteiger partial charge in [0, 0.05) is 17.3 Å². The Morgan fingerprint density at radius 3 is 2.11 bits per heavy atom. The zero-order chi connectivity index (χ0) is 18.9. The Morgan fingerprint density at radius 2 is 1.32 bits per heavy atom. The lowest BCUT2D eigenvalue weighted by atomic mass is 9.99. The maximum absolute atomic E-state index is 4.94. The fourth-order valence-electron chi connectivity index (χ4n) is 3.71. The fourth-order valence-corrected chi connectivity index (χ4v) is 3.71. The summed E-state index contributed by atoms with van der Waals surface area (Å²) in [6.45, 7) is 2.13. The third kappa shape index (κ3) is 2.89. The lowest BCUT2D eigenvalue weighted by molar-refractivity contribution is 1.19. The van der Waals surface area contributed by atoms with Gasteiger partial charge in [-0.1, -0.05) is 90.5 Å². The molecular formula is C26H20N2. The normalized spacial score (nSPS) is 11.0. The Hall–Kier alpha value is -3.65. The molecule has 0 atom stereocenters. The monoisotopic (exact) mass is 360 g/mol. The van der Waals surface area contributed by atoms with Crippen LogP contribution in [-0.2, 0) is 0 Å². The highest BCUT2D eigenvalue weighted by Gasteiger charge is 2.15. The van der Waals surface area contributed by atoms with Gasteiger partial charge in [0.15, 0.2) is 0 Å². The zero-order valence-electron chi connectivity index (χ0n) is 15.7. The molecule has 3 aromatic carbocycles. The van der Waals surface area contributed by atoms with Gasteiger partial charge < -0.3 is 0 Å². The average molecular weight is 360 g/mol. The molecule has 5 aromatic rings. The molecule has 28 heavy (non-hydrogen) atoms. The summed E-state index contributed by atoms with van der Waals surface area (Å²) < 4.78 is 2.17. The van der Waals surface area contributed by atoms with Gasteiger partial charge in [0.05, 0.1) is 11.4 Å². The molecule has 0 amide bonds. The maximum atomic E-state index is 4.94. The second-order valence-corrected chi connectivity index (χ2v) is 7.05. The van der Waals surface area contributed by atoms with E-state index >= 15 is 0 Å². The SMILES string of the molecule is Cc1cccc(-c2ccc(-c3nc4ccccn4c3-c3ccccc3)cc2)c1. The van der Waals surface area contributed by atoms with Crippen LogP contribution >= 0.6 is 0 Å². The molecule has 2 heterocycles. The molecule has 0 saturated carbocycles. The number of hydrogen-bond acceptors (Lipinski definition) is 1. The van der Waals surface area contributed by atoms with Crippen molar-refractivity contribution >= 4 is 5.65 Å². The number of hydrogen-bond donors (Lipinski definition) is 0. The van der Waals surface area contributed by atoms with E-state index in [4.69, 9.17) is 4.98 Å². The minimum atomic E-state index is 0.958. The molecule has 0 spiro atoms. The first-order valence-electron chi connectivity index (χ1n) is 9.49. The van der Waals surface area contributed by atoms with Crippen molar-refractivity contribution < 1.29 is 0 Å². The van der Waals surface area contributed by atoms with Crippen molar-refractivity contribution in [3.05, 3.63) is 109 Å². The van der Waals surface area contributed by atoms with E-state index in [1.165, 1.54) is 22.3 Å². The van der Waals surface area contributed by atoms with E-state index < -0.39 is 0 Å². The molecule has 0 N–H and O–H groups in total. The molecule has 0 saturated heterocycles. The molecule has 0 aliphatic heterocycles. The molecule has 2 heteroatoms. The van der Waals surface area contributed by atoms with E-state index in [0.29, 0.717) is 0 Å². The van der Waals surface area contributed by atoms with E-state index in [1.807, 2.05) is 18.2 Å². The summed E-state index contributed by atoms with van der Waals surface area (Å²) in [5.74, 6) is 0. The number of fused-ring (bicyclic) bond motifs is 1. The minimum Gasteiger partial charge on any atom is -0.299 e. The maximum Gasteiger partial charge on any atom is 0.137 e. The first-order valence-corrected chi connectivity index (χ1v) is 9.49. The quantitative estimate of drug-likeness (QED) is 0.352.